The van der Waals surface area contributed by atoms with Crippen LogP contribution >= 0.6 is 11.6 Å². The first-order valence-electron chi connectivity index (χ1n) is 4.45. The minimum atomic E-state index is -0.305. The van der Waals surface area contributed by atoms with Gasteiger partial charge in [0.05, 0.1) is 0 Å². The molecule has 0 spiro atoms. The highest BCUT2D eigenvalue weighted by molar-refractivity contribution is 6.31. The Hall–Kier alpha value is -1.48. The molecule has 76 valence electrons. The van der Waals surface area contributed by atoms with Crippen LogP contribution in [0.2, 0.25) is 5.02 Å². The summed E-state index contributed by atoms with van der Waals surface area (Å²) in [7, 11) is 0. The molecule has 0 amide bonds. The largest absolute Gasteiger partial charge is 0.245 e. The molecule has 1 heterocycles. The number of aromatic nitrogens is 2. The van der Waals surface area contributed by atoms with Crippen LogP contribution in [-0.2, 0) is 6.42 Å². The molecule has 4 heteroatoms. The van der Waals surface area contributed by atoms with Gasteiger partial charge in [-0.15, -0.1) is 0 Å². The summed E-state index contributed by atoms with van der Waals surface area (Å²) in [5, 5.41) is 0.425. The van der Waals surface area contributed by atoms with Crippen molar-refractivity contribution in [3.05, 3.63) is 58.9 Å². The van der Waals surface area contributed by atoms with E-state index in [4.69, 9.17) is 11.6 Å². The minimum Gasteiger partial charge on any atom is -0.245 e. The van der Waals surface area contributed by atoms with E-state index in [1.54, 1.807) is 24.4 Å². The van der Waals surface area contributed by atoms with Gasteiger partial charge < -0.3 is 0 Å². The van der Waals surface area contributed by atoms with E-state index in [1.807, 2.05) is 0 Å². The van der Waals surface area contributed by atoms with E-state index in [0.717, 1.165) is 5.69 Å². The van der Waals surface area contributed by atoms with Crippen molar-refractivity contribution in [3.63, 3.8) is 0 Å². The summed E-state index contributed by atoms with van der Waals surface area (Å²) in [4.78, 5) is 7.81. The van der Waals surface area contributed by atoms with Gasteiger partial charge in [0.25, 0.3) is 0 Å². The quantitative estimate of drug-likeness (QED) is 0.781. The van der Waals surface area contributed by atoms with Gasteiger partial charge in [0.15, 0.2) is 0 Å². The second-order valence-corrected chi connectivity index (χ2v) is 3.48. The summed E-state index contributed by atoms with van der Waals surface area (Å²) in [5.74, 6) is -0.305. The number of halogens is 2. The molecular weight excluding hydrogens is 215 g/mol. The van der Waals surface area contributed by atoms with Gasteiger partial charge in [-0.1, -0.05) is 17.7 Å². The van der Waals surface area contributed by atoms with E-state index in [1.165, 1.54) is 12.4 Å². The van der Waals surface area contributed by atoms with Gasteiger partial charge >= 0.3 is 0 Å². The zero-order chi connectivity index (χ0) is 10.7. The molecule has 15 heavy (non-hydrogen) atoms. The first-order valence-corrected chi connectivity index (χ1v) is 4.83. The Morgan fingerprint density at radius 1 is 1.27 bits per heavy atom. The lowest BCUT2D eigenvalue weighted by Crippen LogP contribution is -1.96. The Labute approximate surface area is 91.8 Å². The van der Waals surface area contributed by atoms with Gasteiger partial charge in [0, 0.05) is 28.9 Å². The van der Waals surface area contributed by atoms with Gasteiger partial charge in [0.2, 0.25) is 0 Å². The average Bonchev–Trinajstić information content (AvgIpc) is 2.25. The molecule has 2 rings (SSSR count). The Kier molecular flexibility index (Phi) is 2.92. The van der Waals surface area contributed by atoms with Crippen molar-refractivity contribution in [1.82, 2.24) is 9.97 Å². The van der Waals surface area contributed by atoms with Gasteiger partial charge in [-0.3, -0.25) is 0 Å². The van der Waals surface area contributed by atoms with E-state index in [9.17, 15) is 4.39 Å². The highest BCUT2D eigenvalue weighted by atomic mass is 35.5. The minimum absolute atomic E-state index is 0.305. The van der Waals surface area contributed by atoms with Gasteiger partial charge in [-0.2, -0.15) is 0 Å². The second-order valence-electron chi connectivity index (χ2n) is 3.08. The van der Waals surface area contributed by atoms with Gasteiger partial charge in [0.1, 0.15) is 12.1 Å². The SMILES string of the molecule is Fc1cccc(Cl)c1Cc1ccncn1. The van der Waals surface area contributed by atoms with E-state index >= 15 is 0 Å². The maximum absolute atomic E-state index is 13.4. The van der Waals surface area contributed by atoms with Crippen LogP contribution in [0.25, 0.3) is 0 Å². The molecule has 1 aromatic carbocycles. The molecule has 0 radical (unpaired) electrons. The van der Waals surface area contributed by atoms with Crippen LogP contribution < -0.4 is 0 Å². The molecule has 0 aliphatic carbocycles. The summed E-state index contributed by atoms with van der Waals surface area (Å²) in [6.45, 7) is 0. The molecule has 1 aromatic heterocycles. The summed E-state index contributed by atoms with van der Waals surface area (Å²) >= 11 is 5.90. The predicted molar refractivity (Wildman–Crippen MR) is 56.2 cm³/mol. The second kappa shape index (κ2) is 4.36. The molecule has 2 nitrogen and oxygen atoms in total. The number of rotatable bonds is 2. The molecule has 0 atom stereocenters. The Morgan fingerprint density at radius 3 is 2.80 bits per heavy atom. The number of benzene rings is 1. The third-order valence-electron chi connectivity index (χ3n) is 2.06. The Bertz CT molecular complexity index is 439. The maximum Gasteiger partial charge on any atom is 0.128 e. The summed E-state index contributed by atoms with van der Waals surface area (Å²) in [6, 6.07) is 6.38. The lowest BCUT2D eigenvalue weighted by atomic mass is 10.1. The molecular formula is C11H8ClFN2. The van der Waals surface area contributed by atoms with Crippen LogP contribution in [0.15, 0.2) is 36.8 Å². The maximum atomic E-state index is 13.4. The van der Waals surface area contributed by atoms with Crippen molar-refractivity contribution >= 4 is 11.6 Å². The highest BCUT2D eigenvalue weighted by Crippen LogP contribution is 2.21. The van der Waals surface area contributed by atoms with Crippen molar-refractivity contribution in [3.8, 4) is 0 Å². The van der Waals surface area contributed by atoms with Crippen LogP contribution in [0.4, 0.5) is 4.39 Å². The molecule has 0 bridgehead atoms. The van der Waals surface area contributed by atoms with Crippen molar-refractivity contribution in [1.29, 1.82) is 0 Å². The summed E-state index contributed by atoms with van der Waals surface area (Å²) < 4.78 is 13.4. The molecule has 0 N–H and O–H groups in total. The van der Waals surface area contributed by atoms with Crippen LogP contribution in [-0.4, -0.2) is 9.97 Å². The zero-order valence-corrected chi connectivity index (χ0v) is 8.58. The van der Waals surface area contributed by atoms with Gasteiger partial charge in [-0.25, -0.2) is 14.4 Å². The molecule has 0 aliphatic rings. The van der Waals surface area contributed by atoms with Gasteiger partial charge in [-0.05, 0) is 18.2 Å². The molecule has 0 unspecified atom stereocenters. The third-order valence-corrected chi connectivity index (χ3v) is 2.42. The normalized spacial score (nSPS) is 10.3. The van der Waals surface area contributed by atoms with Crippen molar-refractivity contribution < 1.29 is 4.39 Å². The Morgan fingerprint density at radius 2 is 2.13 bits per heavy atom. The smallest absolute Gasteiger partial charge is 0.128 e. The molecule has 0 aliphatic heterocycles. The zero-order valence-electron chi connectivity index (χ0n) is 7.82. The van der Waals surface area contributed by atoms with Crippen LogP contribution in [0, 0.1) is 5.82 Å². The number of hydrogen-bond donors (Lipinski definition) is 0. The van der Waals surface area contributed by atoms with Crippen LogP contribution in [0.3, 0.4) is 0 Å². The van der Waals surface area contributed by atoms with E-state index in [2.05, 4.69) is 9.97 Å². The highest BCUT2D eigenvalue weighted by Gasteiger charge is 2.07. The predicted octanol–water partition coefficient (Wildman–Crippen LogP) is 2.86. The lowest BCUT2D eigenvalue weighted by molar-refractivity contribution is 0.613. The molecule has 2 aromatic rings. The summed E-state index contributed by atoms with van der Waals surface area (Å²) in [6.07, 6.45) is 3.44. The van der Waals surface area contributed by atoms with E-state index in [-0.39, 0.29) is 5.82 Å². The Balaban J connectivity index is 2.32. The summed E-state index contributed by atoms with van der Waals surface area (Å²) in [5.41, 5.74) is 1.22. The lowest BCUT2D eigenvalue weighted by Gasteiger charge is -2.04. The first kappa shape index (κ1) is 10.1. The molecule has 0 fully saturated rings. The number of nitrogens with zero attached hydrogens (tertiary/aromatic N) is 2. The van der Waals surface area contributed by atoms with Crippen molar-refractivity contribution in [2.45, 2.75) is 6.42 Å². The standard InChI is InChI=1S/C11H8ClFN2/c12-10-2-1-3-11(13)9(10)6-8-4-5-14-7-15-8/h1-5,7H,6H2. The third kappa shape index (κ3) is 2.30. The fourth-order valence-corrected chi connectivity index (χ4v) is 1.53. The first-order chi connectivity index (χ1) is 7.27. The van der Waals surface area contributed by atoms with Crippen molar-refractivity contribution in [2.75, 3.05) is 0 Å². The monoisotopic (exact) mass is 222 g/mol. The topological polar surface area (TPSA) is 25.8 Å². The van der Waals surface area contributed by atoms with Crippen molar-refractivity contribution in [2.24, 2.45) is 0 Å². The molecule has 0 saturated heterocycles. The fraction of sp³-hybridized carbons (Fsp3) is 0.0909. The number of hydrogen-bond acceptors (Lipinski definition) is 2. The average molecular weight is 223 g/mol. The van der Waals surface area contributed by atoms with Crippen LogP contribution in [0.1, 0.15) is 11.3 Å². The van der Waals surface area contributed by atoms with E-state index < -0.39 is 0 Å². The van der Waals surface area contributed by atoms with E-state index in [0.29, 0.717) is 17.0 Å². The fourth-order valence-electron chi connectivity index (χ4n) is 1.30. The van der Waals surface area contributed by atoms with Crippen LogP contribution in [0.5, 0.6) is 0 Å². The molecule has 0 saturated carbocycles.